The number of hydrogen-bond acceptors (Lipinski definition) is 4. The van der Waals surface area contributed by atoms with Gasteiger partial charge >= 0.3 is 0 Å². The summed E-state index contributed by atoms with van der Waals surface area (Å²) in [6.45, 7) is 4.15. The van der Waals surface area contributed by atoms with E-state index in [1.807, 2.05) is 80.0 Å². The van der Waals surface area contributed by atoms with Gasteiger partial charge in [0.05, 0.1) is 23.6 Å². The Morgan fingerprint density at radius 1 is 0.816 bits per heavy atom. The van der Waals surface area contributed by atoms with Gasteiger partial charge in [0.1, 0.15) is 17.5 Å². The van der Waals surface area contributed by atoms with Crippen molar-refractivity contribution in [2.45, 2.75) is 25.9 Å². The molecule has 38 heavy (non-hydrogen) atoms. The van der Waals surface area contributed by atoms with Crippen LogP contribution >= 0.6 is 12.2 Å². The second kappa shape index (κ2) is 10.1. The highest BCUT2D eigenvalue weighted by molar-refractivity contribution is 7.80. The van der Waals surface area contributed by atoms with Crippen LogP contribution in [-0.2, 0) is 0 Å². The molecule has 1 fully saturated rings. The molecule has 5 aromatic rings. The maximum absolute atomic E-state index is 6.15. The van der Waals surface area contributed by atoms with Crippen LogP contribution in [0.25, 0.3) is 5.69 Å². The average Bonchev–Trinajstić information content (AvgIpc) is 3.50. The molecule has 6 rings (SSSR count). The molecule has 4 heterocycles. The van der Waals surface area contributed by atoms with Crippen molar-refractivity contribution in [1.82, 2.24) is 19.9 Å². The lowest BCUT2D eigenvalue weighted by Gasteiger charge is -2.29. The lowest BCUT2D eigenvalue weighted by molar-refractivity contribution is 0.479. The molecule has 0 saturated carbocycles. The third-order valence-electron chi connectivity index (χ3n) is 6.85. The summed E-state index contributed by atoms with van der Waals surface area (Å²) in [7, 11) is 0. The van der Waals surface area contributed by atoms with Crippen molar-refractivity contribution >= 4 is 23.0 Å². The minimum Gasteiger partial charge on any atom is -0.457 e. The van der Waals surface area contributed by atoms with Gasteiger partial charge in [-0.05, 0) is 98.4 Å². The highest BCUT2D eigenvalue weighted by Crippen LogP contribution is 2.43. The summed E-state index contributed by atoms with van der Waals surface area (Å²) in [5.74, 6) is 1.62. The Morgan fingerprint density at radius 2 is 1.63 bits per heavy atom. The topological polar surface area (TPSA) is 55.2 Å². The Morgan fingerprint density at radius 3 is 2.37 bits per heavy atom. The van der Waals surface area contributed by atoms with Crippen LogP contribution in [0.15, 0.2) is 110 Å². The number of ether oxygens (including phenoxy) is 1. The molecule has 188 valence electrons. The third-order valence-corrected chi connectivity index (χ3v) is 7.16. The van der Waals surface area contributed by atoms with E-state index in [-0.39, 0.29) is 12.1 Å². The van der Waals surface area contributed by atoms with Gasteiger partial charge in [-0.1, -0.05) is 24.3 Å². The largest absolute Gasteiger partial charge is 0.457 e. The van der Waals surface area contributed by atoms with Gasteiger partial charge in [-0.3, -0.25) is 9.97 Å². The average molecular weight is 518 g/mol. The fraction of sp³-hybridized carbons (Fsp3) is 0.129. The summed E-state index contributed by atoms with van der Waals surface area (Å²) in [6, 6.07) is 30.1. The quantitative estimate of drug-likeness (QED) is 0.249. The van der Waals surface area contributed by atoms with Crippen LogP contribution in [-0.4, -0.2) is 19.6 Å². The molecule has 0 radical (unpaired) electrons. The molecule has 1 aliphatic rings. The number of aromatic nitrogens is 3. The number of thiocarbonyl (C=S) groups is 1. The monoisotopic (exact) mass is 517 g/mol. The molecule has 3 aromatic heterocycles. The number of rotatable bonds is 6. The molecule has 0 spiro atoms. The van der Waals surface area contributed by atoms with Gasteiger partial charge in [0.15, 0.2) is 5.11 Å². The Bertz CT molecular complexity index is 1570. The van der Waals surface area contributed by atoms with Gasteiger partial charge < -0.3 is 19.5 Å². The van der Waals surface area contributed by atoms with Gasteiger partial charge in [0.25, 0.3) is 0 Å². The molecular formula is C31H27N5OS. The van der Waals surface area contributed by atoms with E-state index in [0.29, 0.717) is 5.11 Å². The van der Waals surface area contributed by atoms with Crippen LogP contribution in [0.1, 0.15) is 34.7 Å². The zero-order valence-electron chi connectivity index (χ0n) is 21.2. The molecule has 1 N–H and O–H groups in total. The van der Waals surface area contributed by atoms with E-state index >= 15 is 0 Å². The molecule has 1 saturated heterocycles. The van der Waals surface area contributed by atoms with Crippen molar-refractivity contribution in [2.75, 3.05) is 4.90 Å². The molecular weight excluding hydrogens is 490 g/mol. The second-order valence-corrected chi connectivity index (χ2v) is 9.69. The van der Waals surface area contributed by atoms with Crippen molar-refractivity contribution in [3.05, 3.63) is 132 Å². The van der Waals surface area contributed by atoms with E-state index in [2.05, 4.69) is 62.0 Å². The molecule has 0 unspecified atom stereocenters. The first-order valence-corrected chi connectivity index (χ1v) is 12.9. The Labute approximate surface area is 227 Å². The van der Waals surface area contributed by atoms with Gasteiger partial charge in [-0.15, -0.1) is 0 Å². The Hall–Kier alpha value is -4.49. The number of anilines is 1. The number of pyridine rings is 2. The van der Waals surface area contributed by atoms with E-state index < -0.39 is 0 Å². The van der Waals surface area contributed by atoms with Gasteiger partial charge in [0.2, 0.25) is 0 Å². The van der Waals surface area contributed by atoms with E-state index in [0.717, 1.165) is 45.5 Å². The Kier molecular flexibility index (Phi) is 6.35. The number of para-hydroxylation sites is 1. The van der Waals surface area contributed by atoms with E-state index in [1.165, 1.54) is 0 Å². The number of aryl methyl sites for hydroxylation is 2. The van der Waals surface area contributed by atoms with Crippen molar-refractivity contribution in [2.24, 2.45) is 0 Å². The fourth-order valence-corrected chi connectivity index (χ4v) is 5.38. The molecule has 2 aromatic carbocycles. The summed E-state index contributed by atoms with van der Waals surface area (Å²) in [6.07, 6.45) is 5.50. The summed E-state index contributed by atoms with van der Waals surface area (Å²) in [5, 5.41) is 4.20. The molecule has 2 atom stereocenters. The van der Waals surface area contributed by atoms with Crippen molar-refractivity contribution in [1.29, 1.82) is 0 Å². The minimum absolute atomic E-state index is 0.142. The van der Waals surface area contributed by atoms with E-state index in [1.54, 1.807) is 6.20 Å². The van der Waals surface area contributed by atoms with Crippen molar-refractivity contribution in [3.8, 4) is 17.2 Å². The maximum Gasteiger partial charge on any atom is 0.174 e. The molecule has 0 bridgehead atoms. The summed E-state index contributed by atoms with van der Waals surface area (Å²) >= 11 is 5.93. The molecule has 1 aliphatic heterocycles. The van der Waals surface area contributed by atoms with Crippen LogP contribution in [0.5, 0.6) is 11.5 Å². The van der Waals surface area contributed by atoms with Crippen LogP contribution in [0.4, 0.5) is 5.69 Å². The zero-order valence-corrected chi connectivity index (χ0v) is 22.0. The van der Waals surface area contributed by atoms with E-state index in [4.69, 9.17) is 17.0 Å². The Balaban J connectivity index is 1.42. The fourth-order valence-electron chi connectivity index (χ4n) is 5.03. The molecule has 6 nitrogen and oxygen atoms in total. The zero-order chi connectivity index (χ0) is 26.1. The smallest absolute Gasteiger partial charge is 0.174 e. The highest BCUT2D eigenvalue weighted by Gasteiger charge is 2.42. The third kappa shape index (κ3) is 4.41. The van der Waals surface area contributed by atoms with Gasteiger partial charge in [-0.25, -0.2) is 0 Å². The van der Waals surface area contributed by atoms with Crippen molar-refractivity contribution < 1.29 is 4.74 Å². The molecule has 7 heteroatoms. The standard InChI is InChI=1S/C31H27N5OS/c1-21-8-3-4-11-28(21)37-25-15-13-23(14-16-25)36-30(29(34-31(36)38)26-10-5-6-19-33-26)27-17-12-22(2)35(27)24-9-7-18-32-20-24/h3-20,29-30H,1-2H3,(H,34,38)/t29-,30+/m1/s1. The normalized spacial score (nSPS) is 16.9. The summed E-state index contributed by atoms with van der Waals surface area (Å²) in [4.78, 5) is 11.2. The number of hydrogen-bond donors (Lipinski definition) is 1. The first-order chi connectivity index (χ1) is 18.6. The van der Waals surface area contributed by atoms with Gasteiger partial charge in [0, 0.05) is 29.5 Å². The first kappa shape index (κ1) is 23.9. The van der Waals surface area contributed by atoms with Gasteiger partial charge in [-0.2, -0.15) is 0 Å². The summed E-state index contributed by atoms with van der Waals surface area (Å²) < 4.78 is 8.39. The van der Waals surface area contributed by atoms with E-state index in [9.17, 15) is 0 Å². The number of nitrogens with zero attached hydrogens (tertiary/aromatic N) is 4. The minimum atomic E-state index is -0.144. The first-order valence-electron chi connectivity index (χ1n) is 12.5. The predicted molar refractivity (Wildman–Crippen MR) is 154 cm³/mol. The molecule has 0 amide bonds. The summed E-state index contributed by atoms with van der Waals surface area (Å²) in [5.41, 5.74) is 6.21. The predicted octanol–water partition coefficient (Wildman–Crippen LogP) is 6.85. The van der Waals surface area contributed by atoms with Crippen LogP contribution < -0.4 is 15.0 Å². The van der Waals surface area contributed by atoms with Crippen LogP contribution in [0.3, 0.4) is 0 Å². The second-order valence-electron chi connectivity index (χ2n) is 9.30. The number of nitrogens with one attached hydrogen (secondary N) is 1. The maximum atomic E-state index is 6.15. The highest BCUT2D eigenvalue weighted by atomic mass is 32.1. The SMILES string of the molecule is Cc1ccccc1Oc1ccc(N2C(=S)N[C@H](c3ccccn3)[C@@H]2c2ccc(C)n2-c2cccnc2)cc1. The van der Waals surface area contributed by atoms with Crippen LogP contribution in [0.2, 0.25) is 0 Å². The molecule has 0 aliphatic carbocycles. The lowest BCUT2D eigenvalue weighted by Crippen LogP contribution is -2.30. The van der Waals surface area contributed by atoms with Crippen molar-refractivity contribution in [3.63, 3.8) is 0 Å². The lowest BCUT2D eigenvalue weighted by atomic mass is 10.0. The van der Waals surface area contributed by atoms with Crippen LogP contribution in [0, 0.1) is 13.8 Å². The number of benzene rings is 2.